The van der Waals surface area contributed by atoms with Crippen molar-refractivity contribution >= 4 is 18.8 Å². The number of fused-ring (bicyclic) bond motifs is 1. The molecule has 82 valence electrons. The van der Waals surface area contributed by atoms with Crippen LogP contribution in [0.25, 0.3) is 11.1 Å². The molecule has 2 aromatic carbocycles. The minimum Gasteiger partial charge on any atom is -0.427 e. The van der Waals surface area contributed by atoms with Gasteiger partial charge in [0.05, 0.1) is 6.21 Å². The summed E-state index contributed by atoms with van der Waals surface area (Å²) < 4.78 is 4.82. The molecule has 0 saturated carbocycles. The highest BCUT2D eigenvalue weighted by atomic mass is 16.6. The Bertz CT molecular complexity index is 569. The maximum absolute atomic E-state index is 9.70. The highest BCUT2D eigenvalue weighted by Gasteiger charge is 2.26. The van der Waals surface area contributed by atoms with Crippen LogP contribution in [0.5, 0.6) is 0 Å². The maximum Gasteiger partial charge on any atom is 0.583 e. The number of nitrogens with zero attached hydrogens (tertiary/aromatic N) is 1. The Labute approximate surface area is 99.5 Å². The van der Waals surface area contributed by atoms with Gasteiger partial charge in [-0.25, -0.2) is 0 Å². The quantitative estimate of drug-likeness (QED) is 0.742. The third-order valence-corrected chi connectivity index (χ3v) is 2.83. The molecule has 0 fully saturated rings. The van der Waals surface area contributed by atoms with Crippen LogP contribution in [0.2, 0.25) is 0 Å². The summed E-state index contributed by atoms with van der Waals surface area (Å²) in [6.07, 6.45) is 1.64. The van der Waals surface area contributed by atoms with E-state index in [0.29, 0.717) is 0 Å². The second-order valence-electron chi connectivity index (χ2n) is 3.87. The van der Waals surface area contributed by atoms with Crippen LogP contribution in [0.15, 0.2) is 53.7 Å². The van der Waals surface area contributed by atoms with Crippen LogP contribution in [0.1, 0.15) is 5.56 Å². The van der Waals surface area contributed by atoms with Crippen LogP contribution >= 0.6 is 0 Å². The fraction of sp³-hybridized carbons (Fsp3) is 0. The lowest BCUT2D eigenvalue weighted by Gasteiger charge is -2.16. The van der Waals surface area contributed by atoms with Gasteiger partial charge in [0, 0.05) is 11.0 Å². The first-order valence-electron chi connectivity index (χ1n) is 5.42. The van der Waals surface area contributed by atoms with Crippen LogP contribution in [0.4, 0.5) is 0 Å². The normalized spacial score (nSPS) is 13.1. The average molecular weight is 223 g/mol. The molecule has 0 saturated heterocycles. The molecule has 0 bridgehead atoms. The van der Waals surface area contributed by atoms with Gasteiger partial charge < -0.3 is 9.78 Å². The lowest BCUT2D eigenvalue weighted by atomic mass is 9.74. The Kier molecular flexibility index (Phi) is 2.42. The van der Waals surface area contributed by atoms with Gasteiger partial charge in [-0.15, -0.1) is 5.16 Å². The van der Waals surface area contributed by atoms with Gasteiger partial charge in [-0.1, -0.05) is 48.5 Å². The van der Waals surface area contributed by atoms with Gasteiger partial charge in [0.1, 0.15) is 0 Å². The third-order valence-electron chi connectivity index (χ3n) is 2.83. The van der Waals surface area contributed by atoms with Crippen molar-refractivity contribution in [2.24, 2.45) is 5.16 Å². The van der Waals surface area contributed by atoms with E-state index in [1.54, 1.807) is 6.21 Å². The molecule has 3 rings (SSSR count). The van der Waals surface area contributed by atoms with Gasteiger partial charge in [-0.2, -0.15) is 0 Å². The number of benzene rings is 2. The van der Waals surface area contributed by atoms with Gasteiger partial charge >= 0.3 is 7.12 Å². The summed E-state index contributed by atoms with van der Waals surface area (Å²) in [4.78, 5) is 0. The molecule has 0 unspecified atom stereocenters. The van der Waals surface area contributed by atoms with Crippen LogP contribution in [0, 0.1) is 0 Å². The Morgan fingerprint density at radius 3 is 2.65 bits per heavy atom. The van der Waals surface area contributed by atoms with Crippen molar-refractivity contribution < 1.29 is 9.78 Å². The molecule has 0 atom stereocenters. The van der Waals surface area contributed by atoms with Gasteiger partial charge in [0.25, 0.3) is 0 Å². The van der Waals surface area contributed by atoms with Crippen molar-refractivity contribution in [1.82, 2.24) is 0 Å². The number of hydrogen-bond acceptors (Lipinski definition) is 3. The zero-order valence-electron chi connectivity index (χ0n) is 9.08. The fourth-order valence-electron chi connectivity index (χ4n) is 2.01. The van der Waals surface area contributed by atoms with Gasteiger partial charge in [0.15, 0.2) is 0 Å². The molecule has 2 aromatic rings. The molecule has 3 nitrogen and oxygen atoms in total. The lowest BCUT2D eigenvalue weighted by Crippen LogP contribution is -2.37. The second kappa shape index (κ2) is 4.07. The van der Waals surface area contributed by atoms with Gasteiger partial charge in [-0.05, 0) is 11.1 Å². The molecule has 0 radical (unpaired) electrons. The Balaban J connectivity index is 2.20. The Morgan fingerprint density at radius 1 is 1.00 bits per heavy atom. The van der Waals surface area contributed by atoms with E-state index in [1.807, 2.05) is 48.5 Å². The first-order chi connectivity index (χ1) is 8.36. The fourth-order valence-corrected chi connectivity index (χ4v) is 2.01. The molecular formula is C13H10BNO2. The van der Waals surface area contributed by atoms with E-state index in [4.69, 9.17) is 4.76 Å². The molecule has 17 heavy (non-hydrogen) atoms. The van der Waals surface area contributed by atoms with E-state index in [1.165, 1.54) is 0 Å². The van der Waals surface area contributed by atoms with E-state index < -0.39 is 7.12 Å². The van der Waals surface area contributed by atoms with E-state index in [-0.39, 0.29) is 0 Å². The predicted octanol–water partition coefficient (Wildman–Crippen LogP) is 1.41. The monoisotopic (exact) mass is 223 g/mol. The summed E-state index contributed by atoms with van der Waals surface area (Å²) >= 11 is 0. The average Bonchev–Trinajstić information content (AvgIpc) is 2.40. The standard InChI is InChI=1S/C13H10BNO2/c16-14-13-8-4-7-11(12(13)9-15-17-14)10-5-2-1-3-6-10/h1-9,16H. The van der Waals surface area contributed by atoms with Crippen molar-refractivity contribution in [2.45, 2.75) is 0 Å². The highest BCUT2D eigenvalue weighted by Crippen LogP contribution is 2.22. The van der Waals surface area contributed by atoms with Crippen LogP contribution in [-0.4, -0.2) is 18.4 Å². The summed E-state index contributed by atoms with van der Waals surface area (Å²) in [5.41, 5.74) is 3.82. The zero-order valence-corrected chi connectivity index (χ0v) is 9.08. The zero-order chi connectivity index (χ0) is 11.7. The first-order valence-corrected chi connectivity index (χ1v) is 5.42. The van der Waals surface area contributed by atoms with E-state index in [0.717, 1.165) is 22.2 Å². The molecule has 0 amide bonds. The van der Waals surface area contributed by atoms with Crippen molar-refractivity contribution in [3.63, 3.8) is 0 Å². The second-order valence-corrected chi connectivity index (χ2v) is 3.87. The molecule has 0 spiro atoms. The number of rotatable bonds is 1. The van der Waals surface area contributed by atoms with Crippen molar-refractivity contribution in [3.8, 4) is 11.1 Å². The maximum atomic E-state index is 9.70. The largest absolute Gasteiger partial charge is 0.583 e. The molecule has 0 aliphatic carbocycles. The molecule has 4 heteroatoms. The van der Waals surface area contributed by atoms with Crippen LogP contribution in [-0.2, 0) is 4.76 Å². The predicted molar refractivity (Wildman–Crippen MR) is 68.2 cm³/mol. The summed E-state index contributed by atoms with van der Waals surface area (Å²) in [7, 11) is -0.973. The number of hydrogen-bond donors (Lipinski definition) is 1. The van der Waals surface area contributed by atoms with E-state index >= 15 is 0 Å². The minimum absolute atomic E-state index is 0.751. The first kappa shape index (κ1) is 10.1. The Hall–Kier alpha value is -2.07. The van der Waals surface area contributed by atoms with E-state index in [9.17, 15) is 5.02 Å². The minimum atomic E-state index is -0.973. The molecule has 1 heterocycles. The van der Waals surface area contributed by atoms with E-state index in [2.05, 4.69) is 5.16 Å². The third kappa shape index (κ3) is 1.72. The summed E-state index contributed by atoms with van der Waals surface area (Å²) in [5.74, 6) is 0. The van der Waals surface area contributed by atoms with Crippen LogP contribution in [0.3, 0.4) is 0 Å². The van der Waals surface area contributed by atoms with Crippen molar-refractivity contribution in [3.05, 3.63) is 54.1 Å². The molecule has 0 aromatic heterocycles. The Morgan fingerprint density at radius 2 is 1.82 bits per heavy atom. The summed E-state index contributed by atoms with van der Waals surface area (Å²) in [5, 5.41) is 13.4. The smallest absolute Gasteiger partial charge is 0.427 e. The SMILES string of the molecule is OB1ON=Cc2c1cccc2-c1ccccc1. The molecule has 1 N–H and O–H groups in total. The highest BCUT2D eigenvalue weighted by molar-refractivity contribution is 6.62. The van der Waals surface area contributed by atoms with Crippen molar-refractivity contribution in [2.75, 3.05) is 0 Å². The lowest BCUT2D eigenvalue weighted by molar-refractivity contribution is 0.286. The van der Waals surface area contributed by atoms with Crippen molar-refractivity contribution in [1.29, 1.82) is 0 Å². The van der Waals surface area contributed by atoms with Gasteiger partial charge in [0.2, 0.25) is 0 Å². The van der Waals surface area contributed by atoms with Crippen LogP contribution < -0.4 is 5.46 Å². The summed E-state index contributed by atoms with van der Waals surface area (Å²) in [6.45, 7) is 0. The molecule has 1 aliphatic rings. The summed E-state index contributed by atoms with van der Waals surface area (Å²) in [6, 6.07) is 15.8. The molecule has 1 aliphatic heterocycles. The molecular weight excluding hydrogens is 213 g/mol. The van der Waals surface area contributed by atoms with Gasteiger partial charge in [-0.3, -0.25) is 0 Å². The number of oxime groups is 1. The topological polar surface area (TPSA) is 41.8 Å².